The first-order valence-electron chi connectivity index (χ1n) is 6.45. The number of nitrogens with one attached hydrogen (secondary N) is 1. The van der Waals surface area contributed by atoms with Crippen LogP contribution >= 0.6 is 0 Å². The maximum absolute atomic E-state index is 12.2. The van der Waals surface area contributed by atoms with Gasteiger partial charge in [-0.15, -0.1) is 0 Å². The number of rotatable bonds is 2. The third kappa shape index (κ3) is 2.75. The number of hydrogen-bond acceptors (Lipinski definition) is 3. The summed E-state index contributed by atoms with van der Waals surface area (Å²) in [5.74, 6) is -1.10. The molecule has 1 aliphatic heterocycles. The number of urea groups is 1. The van der Waals surface area contributed by atoms with Crippen LogP contribution in [0.15, 0.2) is 18.2 Å². The lowest BCUT2D eigenvalue weighted by molar-refractivity contribution is -0.141. The maximum Gasteiger partial charge on any atom is 0.326 e. The maximum atomic E-state index is 12.2. The fraction of sp³-hybridized carbons (Fsp3) is 0.429. The number of hydrogen-bond donors (Lipinski definition) is 3. The van der Waals surface area contributed by atoms with Gasteiger partial charge >= 0.3 is 12.0 Å². The summed E-state index contributed by atoms with van der Waals surface area (Å²) in [6.07, 6.45) is -0.726. The Kier molecular flexibility index (Phi) is 3.94. The lowest BCUT2D eigenvalue weighted by Gasteiger charge is -2.22. The number of β-amino-alcohol motifs (C(OH)–C–C–N with tert-alkyl or cyclic N) is 1. The van der Waals surface area contributed by atoms with Gasteiger partial charge in [0, 0.05) is 18.7 Å². The van der Waals surface area contributed by atoms with Crippen LogP contribution < -0.4 is 5.32 Å². The van der Waals surface area contributed by atoms with Gasteiger partial charge in [0.1, 0.15) is 6.04 Å². The molecular weight excluding hydrogens is 260 g/mol. The Labute approximate surface area is 117 Å². The summed E-state index contributed by atoms with van der Waals surface area (Å²) in [6, 6.07) is 4.05. The van der Waals surface area contributed by atoms with Crippen LogP contribution in [0.25, 0.3) is 0 Å². The van der Waals surface area contributed by atoms with E-state index in [4.69, 9.17) is 5.11 Å². The summed E-state index contributed by atoms with van der Waals surface area (Å²) < 4.78 is 0. The van der Waals surface area contributed by atoms with Crippen LogP contribution in [-0.4, -0.2) is 45.8 Å². The van der Waals surface area contributed by atoms with Gasteiger partial charge in [0.05, 0.1) is 6.10 Å². The average molecular weight is 278 g/mol. The predicted octanol–water partition coefficient (Wildman–Crippen LogP) is 1.36. The van der Waals surface area contributed by atoms with Crippen molar-refractivity contribution in [1.82, 2.24) is 4.90 Å². The molecular formula is C14H18N2O4. The number of aliphatic carboxylic acids is 1. The van der Waals surface area contributed by atoms with Crippen molar-refractivity contribution in [1.29, 1.82) is 0 Å². The number of likely N-dealkylation sites (tertiary alicyclic amines) is 1. The molecule has 6 heteroatoms. The Morgan fingerprint density at radius 2 is 2.05 bits per heavy atom. The normalized spacial score (nSPS) is 21.9. The van der Waals surface area contributed by atoms with Crippen LogP contribution in [-0.2, 0) is 4.79 Å². The molecule has 2 amide bonds. The van der Waals surface area contributed by atoms with E-state index in [1.165, 1.54) is 0 Å². The molecule has 1 aliphatic rings. The molecule has 0 radical (unpaired) electrons. The monoisotopic (exact) mass is 278 g/mol. The Balaban J connectivity index is 2.15. The number of carbonyl (C=O) groups excluding carboxylic acids is 1. The quantitative estimate of drug-likeness (QED) is 0.762. The summed E-state index contributed by atoms with van der Waals surface area (Å²) in [7, 11) is 0. The largest absolute Gasteiger partial charge is 0.480 e. The summed E-state index contributed by atoms with van der Waals surface area (Å²) >= 11 is 0. The zero-order valence-corrected chi connectivity index (χ0v) is 11.5. The molecule has 1 fully saturated rings. The first-order chi connectivity index (χ1) is 9.40. The number of carboxylic acid groups (broad SMARTS) is 1. The van der Waals surface area contributed by atoms with Gasteiger partial charge in [0.25, 0.3) is 0 Å². The summed E-state index contributed by atoms with van der Waals surface area (Å²) in [5, 5.41) is 21.3. The molecule has 1 aromatic rings. The van der Waals surface area contributed by atoms with Gasteiger partial charge in [-0.3, -0.25) is 0 Å². The zero-order valence-electron chi connectivity index (χ0n) is 11.5. The third-order valence-electron chi connectivity index (χ3n) is 3.67. The lowest BCUT2D eigenvalue weighted by atomic mass is 10.1. The molecule has 20 heavy (non-hydrogen) atoms. The van der Waals surface area contributed by atoms with Crippen molar-refractivity contribution in [2.24, 2.45) is 0 Å². The van der Waals surface area contributed by atoms with Crippen molar-refractivity contribution in [3.63, 3.8) is 0 Å². The van der Waals surface area contributed by atoms with E-state index in [0.717, 1.165) is 16.0 Å². The standard InChI is InChI=1S/C14H18N2O4/c1-8-4-3-5-11(9(8)2)15-14(20)16-7-10(17)6-12(16)13(18)19/h3-5,10,12,17H,6-7H2,1-2H3,(H,15,20)(H,18,19)/t10-,12+/m1/s1. The number of amides is 2. The number of nitrogens with zero attached hydrogens (tertiary/aromatic N) is 1. The lowest BCUT2D eigenvalue weighted by Crippen LogP contribution is -2.43. The second-order valence-corrected chi connectivity index (χ2v) is 5.07. The molecule has 1 aromatic carbocycles. The van der Waals surface area contributed by atoms with Gasteiger partial charge in [-0.1, -0.05) is 12.1 Å². The van der Waals surface area contributed by atoms with E-state index in [1.807, 2.05) is 26.0 Å². The van der Waals surface area contributed by atoms with Crippen LogP contribution in [0.2, 0.25) is 0 Å². The molecule has 0 saturated carbocycles. The fourth-order valence-electron chi connectivity index (χ4n) is 2.35. The van der Waals surface area contributed by atoms with Gasteiger partial charge < -0.3 is 20.4 Å². The van der Waals surface area contributed by atoms with Gasteiger partial charge in [0.15, 0.2) is 0 Å². The number of anilines is 1. The van der Waals surface area contributed by atoms with Crippen molar-refractivity contribution >= 4 is 17.7 Å². The number of aryl methyl sites for hydroxylation is 1. The SMILES string of the molecule is Cc1cccc(NC(=O)N2C[C@H](O)C[C@H]2C(=O)O)c1C. The van der Waals surface area contributed by atoms with Crippen LogP contribution in [0.5, 0.6) is 0 Å². The molecule has 6 nitrogen and oxygen atoms in total. The Hall–Kier alpha value is -2.08. The summed E-state index contributed by atoms with van der Waals surface area (Å²) in [5.41, 5.74) is 2.63. The van der Waals surface area contributed by atoms with Gasteiger partial charge in [-0.2, -0.15) is 0 Å². The molecule has 1 saturated heterocycles. The van der Waals surface area contributed by atoms with Crippen molar-refractivity contribution < 1.29 is 19.8 Å². The molecule has 0 aliphatic carbocycles. The van der Waals surface area contributed by atoms with Crippen LogP contribution in [0.4, 0.5) is 10.5 Å². The molecule has 0 bridgehead atoms. The molecule has 0 aromatic heterocycles. The molecule has 2 atom stereocenters. The molecule has 0 spiro atoms. The minimum atomic E-state index is -1.10. The van der Waals surface area contributed by atoms with Gasteiger partial charge in [0.2, 0.25) is 0 Å². The first kappa shape index (κ1) is 14.3. The highest BCUT2D eigenvalue weighted by Crippen LogP contribution is 2.22. The minimum absolute atomic E-state index is 0.0354. The summed E-state index contributed by atoms with van der Waals surface area (Å²) in [4.78, 5) is 24.4. The smallest absolute Gasteiger partial charge is 0.326 e. The summed E-state index contributed by atoms with van der Waals surface area (Å²) in [6.45, 7) is 3.86. The average Bonchev–Trinajstić information content (AvgIpc) is 2.77. The molecule has 108 valence electrons. The van der Waals surface area contributed by atoms with Crippen LogP contribution in [0, 0.1) is 13.8 Å². The van der Waals surface area contributed by atoms with Crippen molar-refractivity contribution in [2.75, 3.05) is 11.9 Å². The second kappa shape index (κ2) is 5.50. The molecule has 2 rings (SSSR count). The highest BCUT2D eigenvalue weighted by molar-refractivity contribution is 5.93. The minimum Gasteiger partial charge on any atom is -0.480 e. The van der Waals surface area contributed by atoms with E-state index in [2.05, 4.69) is 5.32 Å². The first-order valence-corrected chi connectivity index (χ1v) is 6.45. The van der Waals surface area contributed by atoms with E-state index < -0.39 is 24.1 Å². The van der Waals surface area contributed by atoms with E-state index in [0.29, 0.717) is 5.69 Å². The third-order valence-corrected chi connectivity index (χ3v) is 3.67. The molecule has 3 N–H and O–H groups in total. The van der Waals surface area contributed by atoms with E-state index in [1.54, 1.807) is 6.07 Å². The predicted molar refractivity (Wildman–Crippen MR) is 73.7 cm³/mol. The van der Waals surface area contributed by atoms with E-state index in [-0.39, 0.29) is 13.0 Å². The van der Waals surface area contributed by atoms with Crippen LogP contribution in [0.3, 0.4) is 0 Å². The number of carbonyl (C=O) groups is 2. The zero-order chi connectivity index (χ0) is 14.9. The Bertz CT molecular complexity index is 544. The number of carboxylic acids is 1. The topological polar surface area (TPSA) is 89.9 Å². The number of aliphatic hydroxyl groups is 1. The number of benzene rings is 1. The second-order valence-electron chi connectivity index (χ2n) is 5.07. The van der Waals surface area contributed by atoms with Crippen molar-refractivity contribution in [2.45, 2.75) is 32.4 Å². The highest BCUT2D eigenvalue weighted by Gasteiger charge is 2.39. The highest BCUT2D eigenvalue weighted by atomic mass is 16.4. The number of aliphatic hydroxyl groups excluding tert-OH is 1. The Morgan fingerprint density at radius 1 is 1.35 bits per heavy atom. The Morgan fingerprint density at radius 3 is 2.70 bits per heavy atom. The van der Waals surface area contributed by atoms with Crippen LogP contribution in [0.1, 0.15) is 17.5 Å². The van der Waals surface area contributed by atoms with Gasteiger partial charge in [-0.05, 0) is 31.0 Å². The molecule has 0 unspecified atom stereocenters. The van der Waals surface area contributed by atoms with Gasteiger partial charge in [-0.25, -0.2) is 9.59 Å². The van der Waals surface area contributed by atoms with E-state index in [9.17, 15) is 14.7 Å². The molecule has 1 heterocycles. The fourth-order valence-corrected chi connectivity index (χ4v) is 2.35. The van der Waals surface area contributed by atoms with Crippen molar-refractivity contribution in [3.05, 3.63) is 29.3 Å². The van der Waals surface area contributed by atoms with E-state index >= 15 is 0 Å². The van der Waals surface area contributed by atoms with Crippen molar-refractivity contribution in [3.8, 4) is 0 Å².